The van der Waals surface area contributed by atoms with Gasteiger partial charge in [0.05, 0.1) is 5.71 Å². The standard InChI is InChI=1S/C11H13ClN4.ClH/c12-9-5-3-8(4-6-9)10(7-1-2-7)15-16-11(13)14;/h3-7H,1-2H2,(H4,13,14,16);1H/b15-10+;. The fourth-order valence-corrected chi connectivity index (χ4v) is 1.59. The number of nitrogens with two attached hydrogens (primary N) is 2. The van der Waals surface area contributed by atoms with Crippen molar-refractivity contribution in [1.29, 1.82) is 0 Å². The zero-order chi connectivity index (χ0) is 11.5. The van der Waals surface area contributed by atoms with E-state index in [4.69, 9.17) is 23.1 Å². The molecule has 4 N–H and O–H groups in total. The molecule has 1 aromatic carbocycles. The molecule has 1 saturated carbocycles. The van der Waals surface area contributed by atoms with Crippen molar-refractivity contribution in [2.24, 2.45) is 27.6 Å². The minimum absolute atomic E-state index is 0. The van der Waals surface area contributed by atoms with Crippen LogP contribution in [-0.2, 0) is 0 Å². The zero-order valence-electron chi connectivity index (χ0n) is 9.14. The van der Waals surface area contributed by atoms with Crippen LogP contribution in [0, 0.1) is 5.92 Å². The molecule has 0 bridgehead atoms. The summed E-state index contributed by atoms with van der Waals surface area (Å²) >= 11 is 5.83. The van der Waals surface area contributed by atoms with E-state index in [0.29, 0.717) is 10.9 Å². The number of guanidine groups is 1. The van der Waals surface area contributed by atoms with Gasteiger partial charge in [0.15, 0.2) is 0 Å². The van der Waals surface area contributed by atoms with Crippen LogP contribution in [0.1, 0.15) is 18.4 Å². The van der Waals surface area contributed by atoms with E-state index in [-0.39, 0.29) is 18.4 Å². The van der Waals surface area contributed by atoms with Gasteiger partial charge in [0.2, 0.25) is 5.96 Å². The first-order valence-electron chi connectivity index (χ1n) is 5.09. The summed E-state index contributed by atoms with van der Waals surface area (Å²) in [5.74, 6) is 0.455. The molecule has 2 rings (SSSR count). The van der Waals surface area contributed by atoms with Crippen molar-refractivity contribution in [3.63, 3.8) is 0 Å². The smallest absolute Gasteiger partial charge is 0.211 e. The summed E-state index contributed by atoms with van der Waals surface area (Å²) in [6.45, 7) is 0. The van der Waals surface area contributed by atoms with Gasteiger partial charge in [-0.05, 0) is 30.5 Å². The molecule has 6 heteroatoms. The van der Waals surface area contributed by atoms with Crippen LogP contribution < -0.4 is 11.5 Å². The van der Waals surface area contributed by atoms with E-state index in [1.54, 1.807) is 0 Å². The highest BCUT2D eigenvalue weighted by Crippen LogP contribution is 2.33. The van der Waals surface area contributed by atoms with E-state index in [1.807, 2.05) is 24.3 Å². The second-order valence-corrected chi connectivity index (χ2v) is 4.23. The first kappa shape index (κ1) is 13.8. The van der Waals surface area contributed by atoms with Gasteiger partial charge in [-0.3, -0.25) is 0 Å². The maximum Gasteiger partial charge on any atom is 0.211 e. The summed E-state index contributed by atoms with van der Waals surface area (Å²) in [7, 11) is 0. The molecule has 4 nitrogen and oxygen atoms in total. The van der Waals surface area contributed by atoms with Crippen LogP contribution in [0.3, 0.4) is 0 Å². The normalized spacial score (nSPS) is 15.0. The molecule has 0 aliphatic heterocycles. The Bertz CT molecular complexity index is 431. The molecule has 0 radical (unpaired) electrons. The highest BCUT2D eigenvalue weighted by molar-refractivity contribution is 6.30. The molecule has 17 heavy (non-hydrogen) atoms. The molecule has 0 unspecified atom stereocenters. The lowest BCUT2D eigenvalue weighted by atomic mass is 10.1. The second kappa shape index (κ2) is 5.89. The third-order valence-electron chi connectivity index (χ3n) is 2.38. The van der Waals surface area contributed by atoms with Crippen molar-refractivity contribution < 1.29 is 0 Å². The monoisotopic (exact) mass is 272 g/mol. The third-order valence-corrected chi connectivity index (χ3v) is 2.63. The third kappa shape index (κ3) is 3.91. The highest BCUT2D eigenvalue weighted by Gasteiger charge is 2.28. The number of halogens is 2. The van der Waals surface area contributed by atoms with Crippen molar-refractivity contribution in [1.82, 2.24) is 0 Å². The van der Waals surface area contributed by atoms with Crippen LogP contribution in [0.5, 0.6) is 0 Å². The molecule has 92 valence electrons. The van der Waals surface area contributed by atoms with Gasteiger partial charge in [-0.25, -0.2) is 0 Å². The molecule has 0 atom stereocenters. The van der Waals surface area contributed by atoms with Crippen molar-refractivity contribution >= 4 is 35.7 Å². The Hall–Kier alpha value is -1.26. The largest absolute Gasteiger partial charge is 0.369 e. The minimum atomic E-state index is -0.0212. The Labute approximate surface area is 111 Å². The molecule has 0 aromatic heterocycles. The molecule has 0 saturated heterocycles. The van der Waals surface area contributed by atoms with Gasteiger partial charge in [-0.15, -0.1) is 17.5 Å². The molecule has 0 spiro atoms. The van der Waals surface area contributed by atoms with Crippen molar-refractivity contribution in [3.8, 4) is 0 Å². The van der Waals surface area contributed by atoms with Gasteiger partial charge in [0.25, 0.3) is 0 Å². The van der Waals surface area contributed by atoms with Gasteiger partial charge in [-0.1, -0.05) is 23.7 Å². The molecule has 0 amide bonds. The average Bonchev–Trinajstić information content (AvgIpc) is 3.04. The summed E-state index contributed by atoms with van der Waals surface area (Å²) < 4.78 is 0. The number of hydrogen-bond acceptors (Lipinski definition) is 2. The SMILES string of the molecule is Cl.NC(N)=N/N=C(/c1ccc(Cl)cc1)C1CC1. The summed E-state index contributed by atoms with van der Waals surface area (Å²) in [6, 6.07) is 7.54. The summed E-state index contributed by atoms with van der Waals surface area (Å²) in [5, 5.41) is 8.52. The summed E-state index contributed by atoms with van der Waals surface area (Å²) in [6.07, 6.45) is 2.28. The van der Waals surface area contributed by atoms with Gasteiger partial charge in [0.1, 0.15) is 0 Å². The van der Waals surface area contributed by atoms with E-state index in [1.165, 1.54) is 0 Å². The fourth-order valence-electron chi connectivity index (χ4n) is 1.46. The van der Waals surface area contributed by atoms with Gasteiger partial charge in [0, 0.05) is 10.9 Å². The number of hydrogen-bond donors (Lipinski definition) is 2. The predicted octanol–water partition coefficient (Wildman–Crippen LogP) is 2.15. The summed E-state index contributed by atoms with van der Waals surface area (Å²) in [4.78, 5) is 0. The molecule has 1 aliphatic rings. The molecule has 0 heterocycles. The van der Waals surface area contributed by atoms with Gasteiger partial charge >= 0.3 is 0 Å². The fraction of sp³-hybridized carbons (Fsp3) is 0.273. The van der Waals surface area contributed by atoms with Crippen molar-refractivity contribution in [2.75, 3.05) is 0 Å². The van der Waals surface area contributed by atoms with Crippen LogP contribution in [0.25, 0.3) is 0 Å². The second-order valence-electron chi connectivity index (χ2n) is 3.79. The van der Waals surface area contributed by atoms with E-state index >= 15 is 0 Å². The van der Waals surface area contributed by atoms with Crippen LogP contribution in [0.2, 0.25) is 5.02 Å². The minimum Gasteiger partial charge on any atom is -0.369 e. The topological polar surface area (TPSA) is 76.8 Å². The Kier molecular flexibility index (Phi) is 4.78. The van der Waals surface area contributed by atoms with Crippen LogP contribution in [-0.4, -0.2) is 11.7 Å². The molecule has 1 aromatic rings. The first-order valence-corrected chi connectivity index (χ1v) is 5.47. The number of benzene rings is 1. The maximum atomic E-state index is 5.83. The highest BCUT2D eigenvalue weighted by atomic mass is 35.5. The molecular formula is C11H14Cl2N4. The first-order chi connectivity index (χ1) is 7.66. The van der Waals surface area contributed by atoms with Crippen LogP contribution in [0.15, 0.2) is 34.5 Å². The van der Waals surface area contributed by atoms with Crippen molar-refractivity contribution in [2.45, 2.75) is 12.8 Å². The molecular weight excluding hydrogens is 259 g/mol. The Balaban J connectivity index is 0.00000144. The Morgan fingerprint density at radius 2 is 1.71 bits per heavy atom. The molecule has 1 fully saturated rings. The van der Waals surface area contributed by atoms with E-state index in [9.17, 15) is 0 Å². The predicted molar refractivity (Wildman–Crippen MR) is 73.8 cm³/mol. The van der Waals surface area contributed by atoms with E-state index < -0.39 is 0 Å². The Morgan fingerprint density at radius 3 is 2.18 bits per heavy atom. The number of nitrogens with zero attached hydrogens (tertiary/aromatic N) is 2. The molecule has 1 aliphatic carbocycles. The van der Waals surface area contributed by atoms with Crippen LogP contribution in [0.4, 0.5) is 0 Å². The number of rotatable bonds is 3. The van der Waals surface area contributed by atoms with Crippen molar-refractivity contribution in [3.05, 3.63) is 34.9 Å². The lowest BCUT2D eigenvalue weighted by Gasteiger charge is -2.03. The Morgan fingerprint density at radius 1 is 1.12 bits per heavy atom. The van der Waals surface area contributed by atoms with Gasteiger partial charge in [-0.2, -0.15) is 5.10 Å². The van der Waals surface area contributed by atoms with E-state index in [0.717, 1.165) is 24.1 Å². The lowest BCUT2D eigenvalue weighted by Crippen LogP contribution is -2.22. The van der Waals surface area contributed by atoms with Crippen LogP contribution >= 0.6 is 24.0 Å². The zero-order valence-corrected chi connectivity index (χ0v) is 10.7. The van der Waals surface area contributed by atoms with Gasteiger partial charge < -0.3 is 11.5 Å². The quantitative estimate of drug-likeness (QED) is 0.503. The lowest BCUT2D eigenvalue weighted by molar-refractivity contribution is 1.11. The average molecular weight is 273 g/mol. The van der Waals surface area contributed by atoms with E-state index in [2.05, 4.69) is 10.2 Å². The maximum absolute atomic E-state index is 5.83. The summed E-state index contributed by atoms with van der Waals surface area (Å²) in [5.41, 5.74) is 12.5.